The normalized spacial score (nSPS) is 20.4. The third kappa shape index (κ3) is 4.36. The number of carbonyl (C=O) groups is 1. The Bertz CT molecular complexity index is 1180. The minimum absolute atomic E-state index is 0.0319. The van der Waals surface area contributed by atoms with Crippen molar-refractivity contribution in [2.24, 2.45) is 5.92 Å². The van der Waals surface area contributed by atoms with Gasteiger partial charge in [-0.25, -0.2) is 4.98 Å². The lowest BCUT2D eigenvalue weighted by Gasteiger charge is -2.18. The van der Waals surface area contributed by atoms with E-state index < -0.39 is 0 Å². The van der Waals surface area contributed by atoms with E-state index in [-0.39, 0.29) is 23.3 Å². The summed E-state index contributed by atoms with van der Waals surface area (Å²) in [4.78, 5) is 33.2. The highest BCUT2D eigenvalue weighted by atomic mass is 32.2. The van der Waals surface area contributed by atoms with Crippen LogP contribution in [0.25, 0.3) is 15.9 Å². The van der Waals surface area contributed by atoms with E-state index in [9.17, 15) is 9.59 Å². The molecule has 3 heterocycles. The Hall–Kier alpha value is -2.16. The van der Waals surface area contributed by atoms with Crippen LogP contribution in [0.4, 0.5) is 0 Å². The summed E-state index contributed by atoms with van der Waals surface area (Å²) in [5.74, 6) is 0.770. The zero-order valence-electron chi connectivity index (χ0n) is 18.1. The molecule has 1 aromatic carbocycles. The zero-order valence-corrected chi connectivity index (χ0v) is 19.8. The molecule has 8 heteroatoms. The van der Waals surface area contributed by atoms with Crippen molar-refractivity contribution in [3.05, 3.63) is 51.1 Å². The van der Waals surface area contributed by atoms with Gasteiger partial charge in [0.25, 0.3) is 5.56 Å². The van der Waals surface area contributed by atoms with E-state index in [0.29, 0.717) is 17.6 Å². The summed E-state index contributed by atoms with van der Waals surface area (Å²) in [7, 11) is 0. The number of ether oxygens (including phenoxy) is 1. The van der Waals surface area contributed by atoms with Crippen molar-refractivity contribution in [3.8, 4) is 5.69 Å². The van der Waals surface area contributed by atoms with Crippen molar-refractivity contribution in [1.82, 2.24) is 14.9 Å². The number of amides is 1. The van der Waals surface area contributed by atoms with E-state index in [1.807, 2.05) is 30.3 Å². The number of benzene rings is 1. The summed E-state index contributed by atoms with van der Waals surface area (Å²) >= 11 is 2.96. The molecule has 1 fully saturated rings. The predicted octanol–water partition coefficient (Wildman–Crippen LogP) is 3.96. The fraction of sp³-hybridized carbons (Fsp3) is 0.458. The maximum absolute atomic E-state index is 13.7. The summed E-state index contributed by atoms with van der Waals surface area (Å²) in [6.07, 6.45) is 5.19. The first-order chi connectivity index (χ1) is 15.6. The Morgan fingerprint density at radius 1 is 1.31 bits per heavy atom. The fourth-order valence-electron chi connectivity index (χ4n) is 4.49. The monoisotopic (exact) mass is 469 g/mol. The van der Waals surface area contributed by atoms with Gasteiger partial charge in [-0.15, -0.1) is 11.3 Å². The predicted molar refractivity (Wildman–Crippen MR) is 129 cm³/mol. The molecule has 1 aliphatic heterocycles. The van der Waals surface area contributed by atoms with Crippen LogP contribution in [0.15, 0.2) is 40.3 Å². The van der Waals surface area contributed by atoms with Crippen molar-refractivity contribution in [3.63, 3.8) is 0 Å². The van der Waals surface area contributed by atoms with Crippen LogP contribution in [-0.4, -0.2) is 40.5 Å². The van der Waals surface area contributed by atoms with Gasteiger partial charge in [0, 0.05) is 18.0 Å². The summed E-state index contributed by atoms with van der Waals surface area (Å²) in [5.41, 5.74) is 1.92. The van der Waals surface area contributed by atoms with Crippen LogP contribution in [0.5, 0.6) is 0 Å². The Labute approximate surface area is 195 Å². The lowest BCUT2D eigenvalue weighted by molar-refractivity contribution is -0.119. The molecule has 1 saturated heterocycles. The average molecular weight is 470 g/mol. The maximum Gasteiger partial charge on any atom is 0.267 e. The van der Waals surface area contributed by atoms with Crippen molar-refractivity contribution in [2.75, 3.05) is 18.9 Å². The number of carbonyl (C=O) groups excluding carboxylic acids is 1. The number of hydrogen-bond donors (Lipinski definition) is 1. The van der Waals surface area contributed by atoms with Crippen molar-refractivity contribution in [2.45, 2.75) is 50.3 Å². The molecule has 0 saturated carbocycles. The highest BCUT2D eigenvalue weighted by Crippen LogP contribution is 2.37. The molecule has 2 aliphatic rings. The summed E-state index contributed by atoms with van der Waals surface area (Å²) in [6.45, 7) is 3.57. The lowest BCUT2D eigenvalue weighted by Crippen LogP contribution is -2.33. The molecule has 1 N–H and O–H groups in total. The van der Waals surface area contributed by atoms with Gasteiger partial charge in [-0.05, 0) is 55.7 Å². The first-order valence-corrected chi connectivity index (χ1v) is 13.0. The van der Waals surface area contributed by atoms with Gasteiger partial charge in [-0.1, -0.05) is 36.9 Å². The molecule has 2 unspecified atom stereocenters. The number of aromatic nitrogens is 2. The van der Waals surface area contributed by atoms with Crippen LogP contribution in [0, 0.1) is 5.92 Å². The standard InChI is InChI=1S/C24H27N3O3S2/c1-15-9-10-18-19(12-15)32-22-21(18)23(29)27(16-6-3-2-4-7-16)24(26-22)31-14-20(28)25-13-17-8-5-11-30-17/h2-4,6-7,15,17H,5,8-14H2,1H3,(H,25,28). The molecular weight excluding hydrogens is 442 g/mol. The number of hydrogen-bond acceptors (Lipinski definition) is 6. The number of para-hydroxylation sites is 1. The maximum atomic E-state index is 13.7. The fourth-order valence-corrected chi connectivity index (χ4v) is 6.75. The Morgan fingerprint density at radius 2 is 2.16 bits per heavy atom. The second-order valence-electron chi connectivity index (χ2n) is 8.63. The number of fused-ring (bicyclic) bond motifs is 3. The molecule has 32 heavy (non-hydrogen) atoms. The van der Waals surface area contributed by atoms with Gasteiger partial charge in [0.15, 0.2) is 5.16 Å². The SMILES string of the molecule is CC1CCc2c(sc3nc(SCC(=O)NCC4CCCO4)n(-c4ccccc4)c(=O)c23)C1. The summed E-state index contributed by atoms with van der Waals surface area (Å²) in [6, 6.07) is 9.59. The molecule has 0 radical (unpaired) electrons. The average Bonchev–Trinajstić information content (AvgIpc) is 3.44. The van der Waals surface area contributed by atoms with Crippen molar-refractivity contribution in [1.29, 1.82) is 0 Å². The number of thiophene rings is 1. The highest BCUT2D eigenvalue weighted by molar-refractivity contribution is 7.99. The van der Waals surface area contributed by atoms with E-state index in [0.717, 1.165) is 54.6 Å². The Kier molecular flexibility index (Phi) is 6.35. The van der Waals surface area contributed by atoms with Crippen LogP contribution in [0.3, 0.4) is 0 Å². The molecular formula is C24H27N3O3S2. The van der Waals surface area contributed by atoms with E-state index >= 15 is 0 Å². The molecule has 168 valence electrons. The number of nitrogens with zero attached hydrogens (tertiary/aromatic N) is 2. The van der Waals surface area contributed by atoms with Crippen LogP contribution < -0.4 is 10.9 Å². The molecule has 1 amide bonds. The molecule has 5 rings (SSSR count). The molecule has 0 bridgehead atoms. The third-order valence-corrected chi connectivity index (χ3v) is 8.28. The summed E-state index contributed by atoms with van der Waals surface area (Å²) in [5, 5.41) is 4.27. The second kappa shape index (κ2) is 9.37. The van der Waals surface area contributed by atoms with Gasteiger partial charge in [0.2, 0.25) is 5.91 Å². The van der Waals surface area contributed by atoms with Crippen LogP contribution >= 0.6 is 23.1 Å². The molecule has 1 aliphatic carbocycles. The topological polar surface area (TPSA) is 73.2 Å². The quantitative estimate of drug-likeness (QED) is 0.437. The summed E-state index contributed by atoms with van der Waals surface area (Å²) < 4.78 is 7.25. The van der Waals surface area contributed by atoms with Gasteiger partial charge in [0.1, 0.15) is 4.83 Å². The molecule has 2 atom stereocenters. The zero-order chi connectivity index (χ0) is 22.1. The van der Waals surface area contributed by atoms with Crippen molar-refractivity contribution < 1.29 is 9.53 Å². The Morgan fingerprint density at radius 3 is 2.94 bits per heavy atom. The van der Waals surface area contributed by atoms with Gasteiger partial charge in [-0.3, -0.25) is 14.2 Å². The van der Waals surface area contributed by atoms with Crippen LogP contribution in [-0.2, 0) is 22.4 Å². The second-order valence-corrected chi connectivity index (χ2v) is 10.7. The van der Waals surface area contributed by atoms with E-state index in [2.05, 4.69) is 12.2 Å². The minimum atomic E-state index is -0.0706. The smallest absolute Gasteiger partial charge is 0.267 e. The third-order valence-electron chi connectivity index (χ3n) is 6.20. The van der Waals surface area contributed by atoms with E-state index in [1.165, 1.54) is 22.2 Å². The number of nitrogens with one attached hydrogen (secondary N) is 1. The molecule has 6 nitrogen and oxygen atoms in total. The lowest BCUT2D eigenvalue weighted by atomic mass is 9.89. The van der Waals surface area contributed by atoms with Crippen LogP contribution in [0.2, 0.25) is 0 Å². The number of thioether (sulfide) groups is 1. The van der Waals surface area contributed by atoms with Crippen molar-refractivity contribution >= 4 is 39.2 Å². The van der Waals surface area contributed by atoms with Gasteiger partial charge < -0.3 is 10.1 Å². The molecule has 3 aromatic rings. The van der Waals surface area contributed by atoms with E-state index in [1.54, 1.807) is 15.9 Å². The first-order valence-electron chi connectivity index (χ1n) is 11.2. The number of rotatable bonds is 6. The minimum Gasteiger partial charge on any atom is -0.376 e. The van der Waals surface area contributed by atoms with Gasteiger partial charge in [0.05, 0.1) is 22.9 Å². The van der Waals surface area contributed by atoms with Gasteiger partial charge >= 0.3 is 0 Å². The van der Waals surface area contributed by atoms with E-state index in [4.69, 9.17) is 9.72 Å². The molecule has 0 spiro atoms. The number of aryl methyl sites for hydroxylation is 1. The van der Waals surface area contributed by atoms with Gasteiger partial charge in [-0.2, -0.15) is 0 Å². The van der Waals surface area contributed by atoms with Crippen LogP contribution in [0.1, 0.15) is 36.6 Å². The highest BCUT2D eigenvalue weighted by Gasteiger charge is 2.25. The molecule has 2 aromatic heterocycles. The first kappa shape index (κ1) is 21.7. The largest absolute Gasteiger partial charge is 0.376 e. The Balaban J connectivity index is 1.46.